The first kappa shape index (κ1) is 14.5. The summed E-state index contributed by atoms with van der Waals surface area (Å²) in [5, 5.41) is 12.9. The number of hydrogen-bond acceptors (Lipinski definition) is 4. The summed E-state index contributed by atoms with van der Waals surface area (Å²) in [5.41, 5.74) is 3.10. The van der Waals surface area contributed by atoms with Gasteiger partial charge >= 0.3 is 0 Å². The van der Waals surface area contributed by atoms with Crippen LogP contribution in [0.4, 0.5) is 0 Å². The van der Waals surface area contributed by atoms with Crippen LogP contribution in [0, 0.1) is 13.8 Å². The van der Waals surface area contributed by atoms with Gasteiger partial charge in [0.1, 0.15) is 11.3 Å². The lowest BCUT2D eigenvalue weighted by Crippen LogP contribution is -2.21. The zero-order valence-corrected chi connectivity index (χ0v) is 13.2. The minimum atomic E-state index is -0.623. The predicted octanol–water partition coefficient (Wildman–Crippen LogP) is 2.95. The van der Waals surface area contributed by atoms with Crippen LogP contribution in [-0.2, 0) is 0 Å². The summed E-state index contributed by atoms with van der Waals surface area (Å²) in [4.78, 5) is 25.3. The molecule has 5 nitrogen and oxygen atoms in total. The molecule has 1 unspecified atom stereocenters. The fourth-order valence-electron chi connectivity index (χ4n) is 3.12. The van der Waals surface area contributed by atoms with Crippen molar-refractivity contribution in [3.8, 4) is 5.75 Å². The maximum atomic E-state index is 13.0. The average Bonchev–Trinajstić information content (AvgIpc) is 2.87. The van der Waals surface area contributed by atoms with Crippen molar-refractivity contribution in [1.29, 1.82) is 0 Å². The number of aryl methyl sites for hydroxylation is 2. The molecule has 1 aliphatic heterocycles. The number of benzene rings is 2. The van der Waals surface area contributed by atoms with Crippen LogP contribution in [0.2, 0.25) is 0 Å². The Kier molecular flexibility index (Phi) is 3.00. The second-order valence-electron chi connectivity index (χ2n) is 6.11. The van der Waals surface area contributed by atoms with Gasteiger partial charge in [-0.1, -0.05) is 12.1 Å². The number of phenolic OH excluding ortho intramolecular Hbond substituents is 1. The summed E-state index contributed by atoms with van der Waals surface area (Å²) in [7, 11) is 0. The summed E-state index contributed by atoms with van der Waals surface area (Å²) in [5.74, 6) is -0.300. The Morgan fingerprint density at radius 2 is 1.83 bits per heavy atom. The van der Waals surface area contributed by atoms with Crippen LogP contribution in [0.3, 0.4) is 0 Å². The number of rotatable bonds is 1. The SMILES string of the molecule is Cc1cc2oc3c(c(=O)c2cc1C)C(c1cccc(O)c1)NC3=O. The van der Waals surface area contributed by atoms with Crippen molar-refractivity contribution in [3.05, 3.63) is 74.6 Å². The Bertz CT molecular complexity index is 1060. The molecule has 2 heterocycles. The Labute approximate surface area is 137 Å². The summed E-state index contributed by atoms with van der Waals surface area (Å²) < 4.78 is 5.74. The molecular weight excluding hydrogens is 306 g/mol. The van der Waals surface area contributed by atoms with Crippen molar-refractivity contribution >= 4 is 16.9 Å². The highest BCUT2D eigenvalue weighted by Gasteiger charge is 2.36. The van der Waals surface area contributed by atoms with Crippen molar-refractivity contribution < 1.29 is 14.3 Å². The Hall–Kier alpha value is -3.08. The molecule has 0 spiro atoms. The predicted molar refractivity (Wildman–Crippen MR) is 89.4 cm³/mol. The molecule has 0 fully saturated rings. The van der Waals surface area contributed by atoms with Crippen molar-refractivity contribution in [2.24, 2.45) is 0 Å². The first-order valence-corrected chi connectivity index (χ1v) is 7.63. The van der Waals surface area contributed by atoms with Crippen LogP contribution < -0.4 is 10.7 Å². The van der Waals surface area contributed by atoms with Gasteiger partial charge in [-0.3, -0.25) is 9.59 Å². The molecular formula is C19H15NO4. The summed E-state index contributed by atoms with van der Waals surface area (Å²) in [6, 6.07) is 9.44. The van der Waals surface area contributed by atoms with Crippen LogP contribution in [-0.4, -0.2) is 11.0 Å². The van der Waals surface area contributed by atoms with Crippen molar-refractivity contribution in [1.82, 2.24) is 5.32 Å². The maximum Gasteiger partial charge on any atom is 0.288 e. The summed E-state index contributed by atoms with van der Waals surface area (Å²) in [6.07, 6.45) is 0. The van der Waals surface area contributed by atoms with Crippen LogP contribution in [0.1, 0.15) is 38.9 Å². The zero-order chi connectivity index (χ0) is 17.0. The molecule has 0 bridgehead atoms. The van der Waals surface area contributed by atoms with Crippen molar-refractivity contribution in [2.45, 2.75) is 19.9 Å². The molecule has 4 rings (SSSR count). The summed E-state index contributed by atoms with van der Waals surface area (Å²) >= 11 is 0. The standard InChI is InChI=1S/C19H15NO4/c1-9-6-13-14(7-10(9)2)24-18-15(17(13)22)16(20-19(18)23)11-4-3-5-12(21)8-11/h3-8,16,21H,1-2H3,(H,20,23). The topological polar surface area (TPSA) is 79.5 Å². The molecule has 24 heavy (non-hydrogen) atoms. The molecule has 1 aromatic heterocycles. The number of hydrogen-bond donors (Lipinski definition) is 2. The second kappa shape index (κ2) is 4.96. The van der Waals surface area contributed by atoms with E-state index in [9.17, 15) is 14.7 Å². The molecule has 2 N–H and O–H groups in total. The molecule has 0 saturated heterocycles. The van der Waals surface area contributed by atoms with Gasteiger partial charge < -0.3 is 14.8 Å². The quantitative estimate of drug-likeness (QED) is 0.722. The second-order valence-corrected chi connectivity index (χ2v) is 6.11. The molecule has 120 valence electrons. The number of nitrogens with one attached hydrogen (secondary N) is 1. The third-order valence-corrected chi connectivity index (χ3v) is 4.52. The molecule has 5 heteroatoms. The van der Waals surface area contributed by atoms with E-state index in [-0.39, 0.29) is 16.9 Å². The lowest BCUT2D eigenvalue weighted by molar-refractivity contribution is 0.0938. The molecule has 3 aromatic rings. The Morgan fingerprint density at radius 1 is 1.08 bits per heavy atom. The van der Waals surface area contributed by atoms with Gasteiger partial charge in [0.05, 0.1) is 17.0 Å². The maximum absolute atomic E-state index is 13.0. The third-order valence-electron chi connectivity index (χ3n) is 4.52. The van der Waals surface area contributed by atoms with Crippen molar-refractivity contribution in [3.63, 3.8) is 0 Å². The first-order chi connectivity index (χ1) is 11.5. The van der Waals surface area contributed by atoms with E-state index in [1.165, 1.54) is 12.1 Å². The number of carbonyl (C=O) groups excluding carboxylic acids is 1. The Balaban J connectivity index is 2.02. The van der Waals surface area contributed by atoms with E-state index >= 15 is 0 Å². The molecule has 0 radical (unpaired) electrons. The zero-order valence-electron chi connectivity index (χ0n) is 13.2. The molecule has 2 aromatic carbocycles. The van der Waals surface area contributed by atoms with Crippen LogP contribution in [0.15, 0.2) is 45.6 Å². The van der Waals surface area contributed by atoms with Gasteiger partial charge in [-0.05, 0) is 54.8 Å². The van der Waals surface area contributed by atoms with E-state index in [0.717, 1.165) is 11.1 Å². The van der Waals surface area contributed by atoms with Gasteiger partial charge in [0.25, 0.3) is 5.91 Å². The van der Waals surface area contributed by atoms with Gasteiger partial charge in [-0.2, -0.15) is 0 Å². The van der Waals surface area contributed by atoms with Gasteiger partial charge in [-0.25, -0.2) is 0 Å². The fraction of sp³-hybridized carbons (Fsp3) is 0.158. The van der Waals surface area contributed by atoms with E-state index in [1.807, 2.05) is 13.8 Å². The van der Waals surface area contributed by atoms with E-state index in [0.29, 0.717) is 22.1 Å². The highest BCUT2D eigenvalue weighted by atomic mass is 16.3. The van der Waals surface area contributed by atoms with Gasteiger partial charge in [-0.15, -0.1) is 0 Å². The van der Waals surface area contributed by atoms with Gasteiger partial charge in [0.15, 0.2) is 5.43 Å². The van der Waals surface area contributed by atoms with E-state index in [4.69, 9.17) is 4.42 Å². The molecule has 0 aliphatic carbocycles. The number of aromatic hydroxyl groups is 1. The number of amides is 1. The highest BCUT2D eigenvalue weighted by Crippen LogP contribution is 2.32. The lowest BCUT2D eigenvalue weighted by Gasteiger charge is -2.12. The molecule has 0 saturated carbocycles. The van der Waals surface area contributed by atoms with E-state index in [1.54, 1.807) is 24.3 Å². The van der Waals surface area contributed by atoms with E-state index < -0.39 is 11.9 Å². The van der Waals surface area contributed by atoms with Crippen LogP contribution >= 0.6 is 0 Å². The largest absolute Gasteiger partial charge is 0.508 e. The fourth-order valence-corrected chi connectivity index (χ4v) is 3.12. The third kappa shape index (κ3) is 2.01. The van der Waals surface area contributed by atoms with E-state index in [2.05, 4.69) is 5.32 Å². The number of phenols is 1. The molecule has 1 atom stereocenters. The minimum absolute atomic E-state index is 0.0455. The smallest absolute Gasteiger partial charge is 0.288 e. The van der Waals surface area contributed by atoms with Gasteiger partial charge in [0.2, 0.25) is 5.76 Å². The van der Waals surface area contributed by atoms with Crippen LogP contribution in [0.25, 0.3) is 11.0 Å². The monoisotopic (exact) mass is 321 g/mol. The molecule has 1 aliphatic rings. The normalized spacial score (nSPS) is 16.2. The summed E-state index contributed by atoms with van der Waals surface area (Å²) in [6.45, 7) is 3.86. The highest BCUT2D eigenvalue weighted by molar-refractivity contribution is 5.99. The van der Waals surface area contributed by atoms with Crippen LogP contribution in [0.5, 0.6) is 5.75 Å². The number of carbonyl (C=O) groups is 1. The minimum Gasteiger partial charge on any atom is -0.508 e. The lowest BCUT2D eigenvalue weighted by atomic mass is 9.98. The molecule has 1 amide bonds. The van der Waals surface area contributed by atoms with Gasteiger partial charge in [0, 0.05) is 0 Å². The first-order valence-electron chi connectivity index (χ1n) is 7.63. The van der Waals surface area contributed by atoms with Crippen molar-refractivity contribution in [2.75, 3.05) is 0 Å². The average molecular weight is 321 g/mol. The Morgan fingerprint density at radius 3 is 2.58 bits per heavy atom. The number of fused-ring (bicyclic) bond motifs is 2.